The maximum absolute atomic E-state index is 12.1. The van der Waals surface area contributed by atoms with Gasteiger partial charge in [-0.1, -0.05) is 12.1 Å². The zero-order chi connectivity index (χ0) is 16.4. The van der Waals surface area contributed by atoms with E-state index in [1.165, 1.54) is 12.1 Å². The van der Waals surface area contributed by atoms with Gasteiger partial charge in [-0.2, -0.15) is 0 Å². The van der Waals surface area contributed by atoms with E-state index in [-0.39, 0.29) is 5.56 Å². The van der Waals surface area contributed by atoms with Gasteiger partial charge in [-0.05, 0) is 38.5 Å². The predicted molar refractivity (Wildman–Crippen MR) is 79.9 cm³/mol. The molecule has 1 fully saturated rings. The Morgan fingerprint density at radius 1 is 1.27 bits per heavy atom. The van der Waals surface area contributed by atoms with Gasteiger partial charge in [0.05, 0.1) is 17.7 Å². The molecule has 1 atom stereocenters. The maximum Gasteiger partial charge on any atom is 0.408 e. The van der Waals surface area contributed by atoms with Crippen LogP contribution in [0.5, 0.6) is 0 Å². The van der Waals surface area contributed by atoms with Gasteiger partial charge in [-0.15, -0.1) is 0 Å². The highest BCUT2D eigenvalue weighted by atomic mass is 16.6. The van der Waals surface area contributed by atoms with Crippen LogP contribution in [-0.4, -0.2) is 36.0 Å². The Hall–Kier alpha value is -2.08. The third kappa shape index (κ3) is 3.76. The summed E-state index contributed by atoms with van der Waals surface area (Å²) < 4.78 is 10.7. The largest absolute Gasteiger partial charge is 0.478 e. The molecule has 1 unspecified atom stereocenters. The van der Waals surface area contributed by atoms with Crippen molar-refractivity contribution in [3.05, 3.63) is 35.4 Å². The zero-order valence-corrected chi connectivity index (χ0v) is 13.0. The highest BCUT2D eigenvalue weighted by Gasteiger charge is 2.39. The summed E-state index contributed by atoms with van der Waals surface area (Å²) in [6, 6.07) is 6.45. The molecular weight excluding hydrogens is 286 g/mol. The molecule has 0 bridgehead atoms. The maximum atomic E-state index is 12.1. The van der Waals surface area contributed by atoms with Crippen molar-refractivity contribution in [2.24, 2.45) is 0 Å². The monoisotopic (exact) mass is 307 g/mol. The number of ether oxygens (including phenoxy) is 2. The van der Waals surface area contributed by atoms with Crippen LogP contribution in [0.25, 0.3) is 0 Å². The minimum Gasteiger partial charge on any atom is -0.478 e. The van der Waals surface area contributed by atoms with Gasteiger partial charge in [-0.25, -0.2) is 9.59 Å². The van der Waals surface area contributed by atoms with E-state index in [4.69, 9.17) is 14.6 Å². The standard InChI is InChI=1S/C16H21NO5/c1-15(2,3)22-14(20)17-16(8-9-21-10-16)12-6-4-11(5-7-12)13(18)19/h4-7H,8-10H2,1-3H3,(H,17,20)(H,18,19). The van der Waals surface area contributed by atoms with Crippen LogP contribution in [0.15, 0.2) is 24.3 Å². The lowest BCUT2D eigenvalue weighted by Crippen LogP contribution is -2.48. The van der Waals surface area contributed by atoms with Crippen LogP contribution >= 0.6 is 0 Å². The van der Waals surface area contributed by atoms with Crippen molar-refractivity contribution in [2.45, 2.75) is 38.3 Å². The van der Waals surface area contributed by atoms with Crippen LogP contribution in [0.2, 0.25) is 0 Å². The number of amides is 1. The summed E-state index contributed by atoms with van der Waals surface area (Å²) in [5.41, 5.74) is -0.256. The van der Waals surface area contributed by atoms with Gasteiger partial charge in [0.1, 0.15) is 5.60 Å². The van der Waals surface area contributed by atoms with Crippen molar-refractivity contribution >= 4 is 12.1 Å². The summed E-state index contributed by atoms with van der Waals surface area (Å²) in [6.07, 6.45) is 0.0962. The molecule has 0 radical (unpaired) electrons. The Labute approximate surface area is 129 Å². The molecule has 1 aliphatic heterocycles. The van der Waals surface area contributed by atoms with Crippen LogP contribution in [0.4, 0.5) is 4.79 Å². The second kappa shape index (κ2) is 5.96. The minimum atomic E-state index is -0.983. The first-order valence-electron chi connectivity index (χ1n) is 7.15. The summed E-state index contributed by atoms with van der Waals surface area (Å²) in [7, 11) is 0. The SMILES string of the molecule is CC(C)(C)OC(=O)NC1(c2ccc(C(=O)O)cc2)CCOC1. The number of benzene rings is 1. The summed E-state index contributed by atoms with van der Waals surface area (Å²) >= 11 is 0. The van der Waals surface area contributed by atoms with Gasteiger partial charge >= 0.3 is 12.1 Å². The fourth-order valence-electron chi connectivity index (χ4n) is 2.39. The molecule has 0 aromatic heterocycles. The Bertz CT molecular complexity index is 553. The van der Waals surface area contributed by atoms with E-state index in [0.717, 1.165) is 5.56 Å². The van der Waals surface area contributed by atoms with Gasteiger partial charge in [0.15, 0.2) is 0 Å². The molecule has 0 spiro atoms. The number of aromatic carboxylic acids is 1. The van der Waals surface area contributed by atoms with Crippen LogP contribution in [-0.2, 0) is 15.0 Å². The van der Waals surface area contributed by atoms with Gasteiger partial charge in [-0.3, -0.25) is 0 Å². The lowest BCUT2D eigenvalue weighted by atomic mass is 9.88. The molecule has 2 rings (SSSR count). The second-order valence-electron chi connectivity index (χ2n) is 6.39. The van der Waals surface area contributed by atoms with E-state index in [1.807, 2.05) is 0 Å². The third-order valence-corrected chi connectivity index (χ3v) is 3.45. The molecular formula is C16H21NO5. The van der Waals surface area contributed by atoms with E-state index in [1.54, 1.807) is 32.9 Å². The Kier molecular flexibility index (Phi) is 4.42. The molecule has 2 N–H and O–H groups in total. The fraction of sp³-hybridized carbons (Fsp3) is 0.500. The first-order chi connectivity index (χ1) is 10.2. The Morgan fingerprint density at radius 3 is 2.36 bits per heavy atom. The van der Waals surface area contributed by atoms with Gasteiger partial charge in [0.25, 0.3) is 0 Å². The van der Waals surface area contributed by atoms with Crippen molar-refractivity contribution in [3.63, 3.8) is 0 Å². The van der Waals surface area contributed by atoms with E-state index in [9.17, 15) is 9.59 Å². The summed E-state index contributed by atoms with van der Waals surface area (Å²) in [6.45, 7) is 6.25. The van der Waals surface area contributed by atoms with Crippen LogP contribution in [0.3, 0.4) is 0 Å². The lowest BCUT2D eigenvalue weighted by molar-refractivity contribution is 0.0436. The molecule has 1 aromatic rings. The average molecular weight is 307 g/mol. The molecule has 0 saturated carbocycles. The Balaban J connectivity index is 2.21. The molecule has 6 nitrogen and oxygen atoms in total. The normalized spacial score (nSPS) is 21.4. The van der Waals surface area contributed by atoms with E-state index in [2.05, 4.69) is 5.32 Å². The first-order valence-corrected chi connectivity index (χ1v) is 7.15. The molecule has 6 heteroatoms. The van der Waals surface area contributed by atoms with E-state index < -0.39 is 23.2 Å². The number of hydrogen-bond acceptors (Lipinski definition) is 4. The highest BCUT2D eigenvalue weighted by molar-refractivity contribution is 5.87. The molecule has 1 heterocycles. The number of carboxylic acid groups (broad SMARTS) is 1. The number of nitrogens with one attached hydrogen (secondary N) is 1. The van der Waals surface area contributed by atoms with Gasteiger partial charge < -0.3 is 19.9 Å². The lowest BCUT2D eigenvalue weighted by Gasteiger charge is -2.31. The van der Waals surface area contributed by atoms with Gasteiger partial charge in [0.2, 0.25) is 0 Å². The van der Waals surface area contributed by atoms with Crippen LogP contribution < -0.4 is 5.32 Å². The topological polar surface area (TPSA) is 84.9 Å². The molecule has 1 aliphatic rings. The smallest absolute Gasteiger partial charge is 0.408 e. The number of carbonyl (C=O) groups excluding carboxylic acids is 1. The number of hydrogen-bond donors (Lipinski definition) is 2. The second-order valence-corrected chi connectivity index (χ2v) is 6.39. The molecule has 1 amide bonds. The van der Waals surface area contributed by atoms with Crippen molar-refractivity contribution < 1.29 is 24.2 Å². The van der Waals surface area contributed by atoms with Crippen molar-refractivity contribution in [2.75, 3.05) is 13.2 Å². The molecule has 22 heavy (non-hydrogen) atoms. The molecule has 1 aromatic carbocycles. The number of carboxylic acids is 1. The predicted octanol–water partition coefficient (Wildman–Crippen LogP) is 2.53. The third-order valence-electron chi connectivity index (χ3n) is 3.45. The highest BCUT2D eigenvalue weighted by Crippen LogP contribution is 2.31. The summed E-state index contributed by atoms with van der Waals surface area (Å²) in [4.78, 5) is 23.0. The average Bonchev–Trinajstić information content (AvgIpc) is 2.86. The summed E-state index contributed by atoms with van der Waals surface area (Å²) in [5.74, 6) is -0.983. The number of carbonyl (C=O) groups is 2. The molecule has 1 saturated heterocycles. The van der Waals surface area contributed by atoms with Crippen molar-refractivity contribution in [1.82, 2.24) is 5.32 Å². The van der Waals surface area contributed by atoms with Crippen molar-refractivity contribution in [3.8, 4) is 0 Å². The summed E-state index contributed by atoms with van der Waals surface area (Å²) in [5, 5.41) is 11.8. The number of alkyl carbamates (subject to hydrolysis) is 1. The van der Waals surface area contributed by atoms with Gasteiger partial charge in [0, 0.05) is 13.0 Å². The fourth-order valence-corrected chi connectivity index (χ4v) is 2.39. The van der Waals surface area contributed by atoms with Crippen molar-refractivity contribution in [1.29, 1.82) is 0 Å². The Morgan fingerprint density at radius 2 is 1.91 bits per heavy atom. The molecule has 0 aliphatic carbocycles. The molecule has 120 valence electrons. The minimum absolute atomic E-state index is 0.204. The number of rotatable bonds is 3. The first kappa shape index (κ1) is 16.3. The van der Waals surface area contributed by atoms with E-state index >= 15 is 0 Å². The quantitative estimate of drug-likeness (QED) is 0.896. The van der Waals surface area contributed by atoms with Crippen LogP contribution in [0, 0.1) is 0 Å². The zero-order valence-electron chi connectivity index (χ0n) is 13.0. The van der Waals surface area contributed by atoms with E-state index in [0.29, 0.717) is 19.6 Å². The van der Waals surface area contributed by atoms with Crippen LogP contribution in [0.1, 0.15) is 43.1 Å².